The lowest BCUT2D eigenvalue weighted by molar-refractivity contribution is -0.127. The second-order valence-corrected chi connectivity index (χ2v) is 4.64. The van der Waals surface area contributed by atoms with Crippen LogP contribution in [0.4, 0.5) is 0 Å². The summed E-state index contributed by atoms with van der Waals surface area (Å²) in [5.74, 6) is 0.276. The van der Waals surface area contributed by atoms with Gasteiger partial charge in [0, 0.05) is 6.04 Å². The molecule has 6 heteroatoms. The number of ether oxygens (including phenoxy) is 1. The van der Waals surface area contributed by atoms with Crippen LogP contribution >= 0.6 is 0 Å². The summed E-state index contributed by atoms with van der Waals surface area (Å²) in [6.45, 7) is 7.03. The normalized spacial score (nSPS) is 10.1. The SMILES string of the molecule is CC.CC(=O)CC(=O)COc1ccc(CC(C)N)cc1.O=CO. The summed E-state index contributed by atoms with van der Waals surface area (Å²) in [7, 11) is 0. The number of rotatable bonds is 7. The van der Waals surface area contributed by atoms with Gasteiger partial charge in [-0.05, 0) is 38.0 Å². The van der Waals surface area contributed by atoms with E-state index in [1.54, 1.807) is 12.1 Å². The summed E-state index contributed by atoms with van der Waals surface area (Å²) in [5.41, 5.74) is 6.83. The van der Waals surface area contributed by atoms with Gasteiger partial charge in [0.15, 0.2) is 5.78 Å². The van der Waals surface area contributed by atoms with Crippen LogP contribution in [0.3, 0.4) is 0 Å². The molecule has 0 bridgehead atoms. The predicted octanol–water partition coefficient (Wildman–Crippen LogP) is 2.23. The molecule has 1 aromatic rings. The van der Waals surface area contributed by atoms with Crippen molar-refractivity contribution in [3.63, 3.8) is 0 Å². The maximum atomic E-state index is 11.3. The molecule has 0 heterocycles. The van der Waals surface area contributed by atoms with Crippen LogP contribution < -0.4 is 10.5 Å². The van der Waals surface area contributed by atoms with Gasteiger partial charge in [-0.15, -0.1) is 0 Å². The summed E-state index contributed by atoms with van der Waals surface area (Å²) >= 11 is 0. The minimum Gasteiger partial charge on any atom is -0.486 e. The van der Waals surface area contributed by atoms with E-state index in [4.69, 9.17) is 20.4 Å². The number of hydrogen-bond donors (Lipinski definition) is 2. The van der Waals surface area contributed by atoms with Crippen molar-refractivity contribution in [2.45, 2.75) is 46.6 Å². The minimum absolute atomic E-state index is 0.0633. The molecule has 6 nitrogen and oxygen atoms in total. The number of carbonyl (C=O) groups excluding carboxylic acids is 2. The zero-order chi connectivity index (χ0) is 18.3. The first kappa shape index (κ1) is 23.1. The van der Waals surface area contributed by atoms with E-state index >= 15 is 0 Å². The highest BCUT2D eigenvalue weighted by Crippen LogP contribution is 2.13. The van der Waals surface area contributed by atoms with E-state index in [9.17, 15) is 9.59 Å². The average molecular weight is 325 g/mol. The lowest BCUT2D eigenvalue weighted by Crippen LogP contribution is -2.17. The van der Waals surface area contributed by atoms with Crippen molar-refractivity contribution in [1.29, 1.82) is 0 Å². The summed E-state index contributed by atoms with van der Waals surface area (Å²) in [6.07, 6.45) is 0.742. The van der Waals surface area contributed by atoms with Gasteiger partial charge in [0.1, 0.15) is 18.1 Å². The molecule has 3 N–H and O–H groups in total. The molecule has 0 saturated carbocycles. The molecule has 0 spiro atoms. The highest BCUT2D eigenvalue weighted by Gasteiger charge is 2.06. The third-order valence-electron chi connectivity index (χ3n) is 2.33. The Kier molecular flexibility index (Phi) is 14.8. The van der Waals surface area contributed by atoms with Gasteiger partial charge < -0.3 is 15.6 Å². The van der Waals surface area contributed by atoms with E-state index in [2.05, 4.69) is 0 Å². The molecule has 0 aliphatic carbocycles. The van der Waals surface area contributed by atoms with E-state index in [0.29, 0.717) is 5.75 Å². The van der Waals surface area contributed by atoms with Gasteiger partial charge in [-0.2, -0.15) is 0 Å². The standard InChI is InChI=1S/C14H19NO3.C2H6.CH2O2/c1-10(15)7-12-3-5-14(6-4-12)18-9-13(17)8-11(2)16;1-2;2-1-3/h3-6,10H,7-9,15H2,1-2H3;1-2H3;1H,(H,2,3). The lowest BCUT2D eigenvalue weighted by Gasteiger charge is -2.07. The highest BCUT2D eigenvalue weighted by molar-refractivity contribution is 5.98. The number of carboxylic acid groups (broad SMARTS) is 1. The molecule has 1 atom stereocenters. The van der Waals surface area contributed by atoms with Crippen LogP contribution in [0, 0.1) is 0 Å². The Labute approximate surface area is 137 Å². The van der Waals surface area contributed by atoms with Crippen LogP contribution in [0.25, 0.3) is 0 Å². The van der Waals surface area contributed by atoms with Crippen molar-refractivity contribution in [2.75, 3.05) is 6.61 Å². The summed E-state index contributed by atoms with van der Waals surface area (Å²) in [4.78, 5) is 30.4. The van der Waals surface area contributed by atoms with Crippen LogP contribution in [0.2, 0.25) is 0 Å². The smallest absolute Gasteiger partial charge is 0.290 e. The van der Waals surface area contributed by atoms with Gasteiger partial charge >= 0.3 is 0 Å². The van der Waals surface area contributed by atoms with Crippen LogP contribution in [-0.4, -0.2) is 35.8 Å². The molecule has 1 rings (SSSR count). The van der Waals surface area contributed by atoms with Crippen molar-refractivity contribution in [1.82, 2.24) is 0 Å². The van der Waals surface area contributed by atoms with Crippen LogP contribution in [0.5, 0.6) is 5.75 Å². The van der Waals surface area contributed by atoms with E-state index in [0.717, 1.165) is 12.0 Å². The van der Waals surface area contributed by atoms with Crippen molar-refractivity contribution in [3.8, 4) is 5.75 Å². The molecular formula is C17H27NO5. The molecule has 0 aromatic heterocycles. The van der Waals surface area contributed by atoms with Crippen LogP contribution in [0.15, 0.2) is 24.3 Å². The van der Waals surface area contributed by atoms with E-state index in [1.165, 1.54) is 6.92 Å². The second-order valence-electron chi connectivity index (χ2n) is 4.64. The molecule has 23 heavy (non-hydrogen) atoms. The molecule has 0 aliphatic rings. The zero-order valence-electron chi connectivity index (χ0n) is 14.2. The Bertz CT molecular complexity index is 455. The van der Waals surface area contributed by atoms with Crippen LogP contribution in [0.1, 0.15) is 39.7 Å². The predicted molar refractivity (Wildman–Crippen MR) is 89.6 cm³/mol. The molecule has 1 aromatic carbocycles. The first-order valence-electron chi connectivity index (χ1n) is 7.45. The third-order valence-corrected chi connectivity index (χ3v) is 2.33. The average Bonchev–Trinajstić information content (AvgIpc) is 2.48. The van der Waals surface area contributed by atoms with Gasteiger partial charge in [-0.25, -0.2) is 0 Å². The number of nitrogens with two attached hydrogens (primary N) is 1. The molecule has 130 valence electrons. The fourth-order valence-corrected chi connectivity index (χ4v) is 1.59. The number of Topliss-reactive ketones (excluding diaryl/α,β-unsaturated/α-hetero) is 2. The number of carbonyl (C=O) groups is 3. The lowest BCUT2D eigenvalue weighted by atomic mass is 10.1. The Balaban J connectivity index is 0. The van der Waals surface area contributed by atoms with Crippen molar-refractivity contribution >= 4 is 18.0 Å². The molecule has 0 aliphatic heterocycles. The van der Waals surface area contributed by atoms with E-state index < -0.39 is 0 Å². The number of hydrogen-bond acceptors (Lipinski definition) is 5. The first-order chi connectivity index (χ1) is 10.9. The highest BCUT2D eigenvalue weighted by atomic mass is 16.5. The molecule has 0 radical (unpaired) electrons. The van der Waals surface area contributed by atoms with E-state index in [-0.39, 0.29) is 37.1 Å². The molecule has 0 fully saturated rings. The fourth-order valence-electron chi connectivity index (χ4n) is 1.59. The van der Waals surface area contributed by atoms with Crippen molar-refractivity contribution < 1.29 is 24.2 Å². The Hall–Kier alpha value is -2.21. The monoisotopic (exact) mass is 325 g/mol. The summed E-state index contributed by atoms with van der Waals surface area (Å²) < 4.78 is 5.30. The topological polar surface area (TPSA) is 107 Å². The maximum absolute atomic E-state index is 11.3. The maximum Gasteiger partial charge on any atom is 0.290 e. The molecule has 0 saturated heterocycles. The summed E-state index contributed by atoms with van der Waals surface area (Å²) in [6, 6.07) is 7.58. The Morgan fingerprint density at radius 2 is 1.74 bits per heavy atom. The van der Waals surface area contributed by atoms with Gasteiger partial charge in [0.05, 0.1) is 6.42 Å². The first-order valence-corrected chi connectivity index (χ1v) is 7.45. The molecular weight excluding hydrogens is 298 g/mol. The third kappa shape index (κ3) is 14.5. The zero-order valence-corrected chi connectivity index (χ0v) is 14.2. The van der Waals surface area contributed by atoms with Gasteiger partial charge in [0.25, 0.3) is 6.47 Å². The Morgan fingerprint density at radius 1 is 1.26 bits per heavy atom. The minimum atomic E-state index is -0.250. The second kappa shape index (κ2) is 14.7. The fraction of sp³-hybridized carbons (Fsp3) is 0.471. The molecule has 0 amide bonds. The van der Waals surface area contributed by atoms with Crippen LogP contribution in [-0.2, 0) is 20.8 Å². The van der Waals surface area contributed by atoms with Crippen molar-refractivity contribution in [3.05, 3.63) is 29.8 Å². The molecule has 1 unspecified atom stereocenters. The van der Waals surface area contributed by atoms with Crippen molar-refractivity contribution in [2.24, 2.45) is 5.73 Å². The number of ketones is 2. The van der Waals surface area contributed by atoms with Gasteiger partial charge in [-0.1, -0.05) is 26.0 Å². The Morgan fingerprint density at radius 3 is 2.13 bits per heavy atom. The van der Waals surface area contributed by atoms with E-state index in [1.807, 2.05) is 32.9 Å². The quantitative estimate of drug-likeness (QED) is 0.588. The number of benzene rings is 1. The largest absolute Gasteiger partial charge is 0.486 e. The summed E-state index contributed by atoms with van der Waals surface area (Å²) in [5, 5.41) is 6.89. The van der Waals surface area contributed by atoms with Gasteiger partial charge in [-0.3, -0.25) is 14.4 Å². The van der Waals surface area contributed by atoms with Gasteiger partial charge in [0.2, 0.25) is 0 Å².